The Hall–Kier alpha value is -2.10. The molecule has 0 unspecified atom stereocenters. The first-order chi connectivity index (χ1) is 9.68. The quantitative estimate of drug-likeness (QED) is 0.939. The van der Waals surface area contributed by atoms with Crippen molar-refractivity contribution in [3.63, 3.8) is 0 Å². The van der Waals surface area contributed by atoms with Crippen LogP contribution in [0.1, 0.15) is 53.6 Å². The molecular formula is C17H22N2O2. The van der Waals surface area contributed by atoms with Crippen molar-refractivity contribution in [2.24, 2.45) is 0 Å². The van der Waals surface area contributed by atoms with Crippen molar-refractivity contribution >= 4 is 5.97 Å². The summed E-state index contributed by atoms with van der Waals surface area (Å²) in [6, 6.07) is 7.83. The Morgan fingerprint density at radius 1 is 1.19 bits per heavy atom. The van der Waals surface area contributed by atoms with E-state index in [0.29, 0.717) is 6.54 Å². The van der Waals surface area contributed by atoms with E-state index in [1.807, 2.05) is 26.8 Å². The molecule has 1 aromatic carbocycles. The summed E-state index contributed by atoms with van der Waals surface area (Å²) in [5, 5.41) is 13.8. The fourth-order valence-electron chi connectivity index (χ4n) is 2.15. The maximum atomic E-state index is 11.4. The Morgan fingerprint density at radius 3 is 2.38 bits per heavy atom. The molecule has 112 valence electrons. The van der Waals surface area contributed by atoms with Crippen LogP contribution in [0.2, 0.25) is 0 Å². The topological polar surface area (TPSA) is 55.1 Å². The van der Waals surface area contributed by atoms with Crippen LogP contribution in [0.25, 0.3) is 0 Å². The lowest BCUT2D eigenvalue weighted by Gasteiger charge is -2.14. The Bertz CT molecular complexity index is 679. The third-order valence-electron chi connectivity index (χ3n) is 3.67. The summed E-state index contributed by atoms with van der Waals surface area (Å²) in [5.41, 5.74) is 4.35. The summed E-state index contributed by atoms with van der Waals surface area (Å²) in [6.45, 7) is 10.7. The molecule has 4 heteroatoms. The van der Waals surface area contributed by atoms with E-state index in [1.165, 1.54) is 11.1 Å². The van der Waals surface area contributed by atoms with Gasteiger partial charge >= 0.3 is 5.97 Å². The van der Waals surface area contributed by atoms with E-state index in [4.69, 9.17) is 0 Å². The average molecular weight is 286 g/mol. The number of aromatic carboxylic acids is 1. The number of carbonyl (C=O) groups is 1. The number of benzene rings is 1. The van der Waals surface area contributed by atoms with Gasteiger partial charge in [0, 0.05) is 5.41 Å². The number of nitrogens with zero attached hydrogens (tertiary/aromatic N) is 2. The minimum absolute atomic E-state index is 0.168. The smallest absolute Gasteiger partial charge is 0.354 e. The van der Waals surface area contributed by atoms with Gasteiger partial charge in [0.25, 0.3) is 0 Å². The number of hydrogen-bond acceptors (Lipinski definition) is 2. The standard InChI is InChI=1S/C17H22N2O2/c1-11-6-7-13(8-12(11)2)10-19-14(16(20)21)9-15(18-19)17(3,4)5/h6-9H,10H2,1-5H3,(H,20,21). The van der Waals surface area contributed by atoms with Crippen LogP contribution in [0, 0.1) is 13.8 Å². The Labute approximate surface area is 125 Å². The zero-order valence-corrected chi connectivity index (χ0v) is 13.3. The molecule has 2 rings (SSSR count). The maximum absolute atomic E-state index is 11.4. The highest BCUT2D eigenvalue weighted by Gasteiger charge is 2.22. The van der Waals surface area contributed by atoms with Gasteiger partial charge in [-0.2, -0.15) is 5.10 Å². The molecule has 0 spiro atoms. The number of aryl methyl sites for hydroxylation is 2. The Balaban J connectivity index is 2.40. The normalized spacial score (nSPS) is 11.7. The van der Waals surface area contributed by atoms with Crippen LogP contribution in [0.3, 0.4) is 0 Å². The summed E-state index contributed by atoms with van der Waals surface area (Å²) in [4.78, 5) is 11.4. The third kappa shape index (κ3) is 3.32. The van der Waals surface area contributed by atoms with E-state index in [0.717, 1.165) is 11.3 Å². The molecule has 2 aromatic rings. The molecule has 0 aliphatic heterocycles. The van der Waals surface area contributed by atoms with E-state index >= 15 is 0 Å². The van der Waals surface area contributed by atoms with Crippen molar-refractivity contribution in [3.8, 4) is 0 Å². The van der Waals surface area contributed by atoms with Crippen LogP contribution >= 0.6 is 0 Å². The Kier molecular flexibility index (Phi) is 3.90. The van der Waals surface area contributed by atoms with E-state index in [9.17, 15) is 9.90 Å². The highest BCUT2D eigenvalue weighted by Crippen LogP contribution is 2.22. The van der Waals surface area contributed by atoms with Gasteiger partial charge in [0.2, 0.25) is 0 Å². The van der Waals surface area contributed by atoms with Crippen molar-refractivity contribution in [2.75, 3.05) is 0 Å². The van der Waals surface area contributed by atoms with Crippen molar-refractivity contribution in [3.05, 3.63) is 52.3 Å². The average Bonchev–Trinajstić information content (AvgIpc) is 2.78. The summed E-state index contributed by atoms with van der Waals surface area (Å²) in [7, 11) is 0. The lowest BCUT2D eigenvalue weighted by atomic mass is 9.92. The molecule has 0 saturated heterocycles. The summed E-state index contributed by atoms with van der Waals surface area (Å²) < 4.78 is 1.58. The van der Waals surface area contributed by atoms with Gasteiger partial charge < -0.3 is 5.11 Å². The van der Waals surface area contributed by atoms with Crippen LogP contribution in [-0.2, 0) is 12.0 Å². The zero-order chi connectivity index (χ0) is 15.8. The molecule has 0 fully saturated rings. The third-order valence-corrected chi connectivity index (χ3v) is 3.67. The van der Waals surface area contributed by atoms with Crippen molar-refractivity contribution in [1.82, 2.24) is 9.78 Å². The van der Waals surface area contributed by atoms with Gasteiger partial charge in [0.15, 0.2) is 0 Å². The monoisotopic (exact) mass is 286 g/mol. The fraction of sp³-hybridized carbons (Fsp3) is 0.412. The second kappa shape index (κ2) is 5.35. The van der Waals surface area contributed by atoms with E-state index in [-0.39, 0.29) is 11.1 Å². The van der Waals surface area contributed by atoms with E-state index in [2.05, 4.69) is 31.1 Å². The number of hydrogen-bond donors (Lipinski definition) is 1. The number of carboxylic acids is 1. The minimum Gasteiger partial charge on any atom is -0.477 e. The second-order valence-electron chi connectivity index (χ2n) is 6.55. The largest absolute Gasteiger partial charge is 0.477 e. The summed E-state index contributed by atoms with van der Waals surface area (Å²) >= 11 is 0. The van der Waals surface area contributed by atoms with Crippen LogP contribution < -0.4 is 0 Å². The van der Waals surface area contributed by atoms with E-state index in [1.54, 1.807) is 10.7 Å². The molecule has 0 aliphatic carbocycles. The van der Waals surface area contributed by atoms with Gasteiger partial charge in [-0.05, 0) is 36.6 Å². The van der Waals surface area contributed by atoms with Gasteiger partial charge in [-0.25, -0.2) is 4.79 Å². The van der Waals surface area contributed by atoms with Gasteiger partial charge in [-0.15, -0.1) is 0 Å². The molecule has 21 heavy (non-hydrogen) atoms. The summed E-state index contributed by atoms with van der Waals surface area (Å²) in [6.07, 6.45) is 0. The van der Waals surface area contributed by atoms with Crippen LogP contribution in [0.4, 0.5) is 0 Å². The van der Waals surface area contributed by atoms with Gasteiger partial charge in [0.05, 0.1) is 12.2 Å². The molecule has 0 saturated carbocycles. The van der Waals surface area contributed by atoms with Crippen molar-refractivity contribution in [1.29, 1.82) is 0 Å². The first kappa shape index (κ1) is 15.3. The highest BCUT2D eigenvalue weighted by atomic mass is 16.4. The van der Waals surface area contributed by atoms with Crippen LogP contribution in [0.15, 0.2) is 24.3 Å². The highest BCUT2D eigenvalue weighted by molar-refractivity contribution is 5.85. The van der Waals surface area contributed by atoms with Crippen molar-refractivity contribution in [2.45, 2.75) is 46.6 Å². The Morgan fingerprint density at radius 2 is 1.86 bits per heavy atom. The predicted octanol–water partition coefficient (Wildman–Crippen LogP) is 3.54. The van der Waals surface area contributed by atoms with Gasteiger partial charge in [0.1, 0.15) is 5.69 Å². The number of aromatic nitrogens is 2. The van der Waals surface area contributed by atoms with Crippen molar-refractivity contribution < 1.29 is 9.90 Å². The number of carboxylic acid groups (broad SMARTS) is 1. The van der Waals surface area contributed by atoms with Gasteiger partial charge in [-0.1, -0.05) is 39.0 Å². The molecule has 1 heterocycles. The maximum Gasteiger partial charge on any atom is 0.354 e. The first-order valence-electron chi connectivity index (χ1n) is 7.06. The van der Waals surface area contributed by atoms with Crippen LogP contribution in [-0.4, -0.2) is 20.9 Å². The molecule has 0 radical (unpaired) electrons. The SMILES string of the molecule is Cc1ccc(Cn2nc(C(C)(C)C)cc2C(=O)O)cc1C. The lowest BCUT2D eigenvalue weighted by molar-refractivity contribution is 0.0684. The first-order valence-corrected chi connectivity index (χ1v) is 7.06. The minimum atomic E-state index is -0.943. The number of rotatable bonds is 3. The molecular weight excluding hydrogens is 264 g/mol. The molecule has 1 aromatic heterocycles. The molecule has 0 bridgehead atoms. The van der Waals surface area contributed by atoms with E-state index < -0.39 is 5.97 Å². The molecule has 0 atom stereocenters. The zero-order valence-electron chi connectivity index (χ0n) is 13.3. The molecule has 1 N–H and O–H groups in total. The second-order valence-corrected chi connectivity index (χ2v) is 6.55. The molecule has 0 amide bonds. The van der Waals surface area contributed by atoms with Gasteiger partial charge in [-0.3, -0.25) is 4.68 Å². The van der Waals surface area contributed by atoms with Crippen LogP contribution in [0.5, 0.6) is 0 Å². The lowest BCUT2D eigenvalue weighted by Crippen LogP contribution is -2.14. The molecule has 0 aliphatic rings. The molecule has 4 nitrogen and oxygen atoms in total. The fourth-order valence-corrected chi connectivity index (χ4v) is 2.15. The summed E-state index contributed by atoms with van der Waals surface area (Å²) in [5.74, 6) is -0.943. The predicted molar refractivity (Wildman–Crippen MR) is 82.9 cm³/mol.